The van der Waals surface area contributed by atoms with Gasteiger partial charge in [0.25, 0.3) is 0 Å². The lowest BCUT2D eigenvalue weighted by Crippen LogP contribution is -2.37. The van der Waals surface area contributed by atoms with Gasteiger partial charge in [-0.2, -0.15) is 13.2 Å². The van der Waals surface area contributed by atoms with Gasteiger partial charge < -0.3 is 5.32 Å². The van der Waals surface area contributed by atoms with Gasteiger partial charge in [0.05, 0.1) is 5.56 Å². The number of hydrogen-bond donors (Lipinski definition) is 2. The second-order valence-corrected chi connectivity index (χ2v) is 5.04. The average Bonchev–Trinajstić information content (AvgIpc) is 2.28. The molecule has 6 heteroatoms. The summed E-state index contributed by atoms with van der Waals surface area (Å²) in [4.78, 5) is 0. The third kappa shape index (κ3) is 3.55. The monoisotopic (exact) mass is 276 g/mol. The van der Waals surface area contributed by atoms with Crippen LogP contribution in [0.1, 0.15) is 18.4 Å². The first kappa shape index (κ1) is 13.5. The molecule has 0 bridgehead atoms. The zero-order valence-electron chi connectivity index (χ0n) is 9.74. The van der Waals surface area contributed by atoms with Crippen LogP contribution in [0, 0.1) is 0 Å². The predicted molar refractivity (Wildman–Crippen MR) is 68.6 cm³/mol. The highest BCUT2D eigenvalue weighted by atomic mass is 32.1. The summed E-state index contributed by atoms with van der Waals surface area (Å²) in [5.74, 6) is 0. The van der Waals surface area contributed by atoms with Gasteiger partial charge in [0.15, 0.2) is 0 Å². The van der Waals surface area contributed by atoms with Crippen LogP contribution in [0.3, 0.4) is 0 Å². The van der Waals surface area contributed by atoms with E-state index in [-0.39, 0.29) is 6.04 Å². The number of nitrogens with one attached hydrogen (secondary N) is 1. The summed E-state index contributed by atoms with van der Waals surface area (Å²) in [6.45, 7) is 1.66. The van der Waals surface area contributed by atoms with Gasteiger partial charge in [-0.1, -0.05) is 18.9 Å². The van der Waals surface area contributed by atoms with E-state index in [1.165, 1.54) is 6.07 Å². The number of thiol groups is 1. The van der Waals surface area contributed by atoms with Crippen molar-refractivity contribution in [2.24, 2.45) is 0 Å². The Bertz CT molecular complexity index is 409. The molecular weight excluding hydrogens is 261 g/mol. The smallest absolute Gasteiger partial charge is 0.381 e. The first-order valence-corrected chi connectivity index (χ1v) is 6.23. The molecule has 1 unspecified atom stereocenters. The lowest BCUT2D eigenvalue weighted by molar-refractivity contribution is -0.137. The number of nitrogens with zero attached hydrogens (tertiary/aromatic N) is 1. The SMILES string of the molecule is FC(F)(F)c1cccc(NC2CCCN(S)C2)c1. The van der Waals surface area contributed by atoms with Gasteiger partial charge >= 0.3 is 6.18 Å². The Balaban J connectivity index is 2.05. The number of halogens is 3. The Kier molecular flexibility index (Phi) is 4.07. The normalized spacial score (nSPS) is 21.9. The molecule has 0 spiro atoms. The van der Waals surface area contributed by atoms with E-state index in [1.54, 1.807) is 6.07 Å². The van der Waals surface area contributed by atoms with E-state index >= 15 is 0 Å². The fourth-order valence-electron chi connectivity index (χ4n) is 2.10. The molecule has 1 aromatic rings. The van der Waals surface area contributed by atoms with Gasteiger partial charge in [0.1, 0.15) is 0 Å². The minimum Gasteiger partial charge on any atom is -0.381 e. The fourth-order valence-corrected chi connectivity index (χ4v) is 2.43. The Morgan fingerprint density at radius 2 is 2.11 bits per heavy atom. The first-order chi connectivity index (χ1) is 8.45. The minimum atomic E-state index is -4.29. The van der Waals surface area contributed by atoms with Gasteiger partial charge in [-0.25, -0.2) is 0 Å². The number of hydrogen-bond acceptors (Lipinski definition) is 3. The molecule has 2 nitrogen and oxygen atoms in total. The molecule has 0 aliphatic carbocycles. The Hall–Kier alpha value is -0.880. The second-order valence-electron chi connectivity index (χ2n) is 4.47. The Labute approximate surface area is 110 Å². The number of alkyl halides is 3. The summed E-state index contributed by atoms with van der Waals surface area (Å²) in [5, 5.41) is 3.13. The van der Waals surface area contributed by atoms with Crippen molar-refractivity contribution in [2.75, 3.05) is 18.4 Å². The molecule has 1 saturated heterocycles. The van der Waals surface area contributed by atoms with E-state index in [2.05, 4.69) is 18.1 Å². The van der Waals surface area contributed by atoms with Crippen molar-refractivity contribution < 1.29 is 13.2 Å². The molecular formula is C12H15F3N2S. The zero-order valence-corrected chi connectivity index (χ0v) is 10.6. The highest BCUT2D eigenvalue weighted by molar-refractivity contribution is 7.77. The molecule has 0 saturated carbocycles. The third-order valence-corrected chi connectivity index (χ3v) is 3.32. The lowest BCUT2D eigenvalue weighted by atomic mass is 10.1. The summed E-state index contributed by atoms with van der Waals surface area (Å²) >= 11 is 4.27. The second kappa shape index (κ2) is 5.40. The van der Waals surface area contributed by atoms with E-state index in [9.17, 15) is 13.2 Å². The van der Waals surface area contributed by atoms with E-state index in [0.29, 0.717) is 5.69 Å². The summed E-state index contributed by atoms with van der Waals surface area (Å²) < 4.78 is 39.6. The van der Waals surface area contributed by atoms with E-state index < -0.39 is 11.7 Å². The van der Waals surface area contributed by atoms with Crippen LogP contribution in [0.25, 0.3) is 0 Å². The molecule has 1 aliphatic heterocycles. The zero-order chi connectivity index (χ0) is 13.2. The Morgan fingerprint density at radius 1 is 1.33 bits per heavy atom. The molecule has 18 heavy (non-hydrogen) atoms. The van der Waals surface area contributed by atoms with E-state index in [1.807, 2.05) is 4.31 Å². The molecule has 1 heterocycles. The van der Waals surface area contributed by atoms with Crippen LogP contribution >= 0.6 is 12.8 Å². The predicted octanol–water partition coefficient (Wildman–Crippen LogP) is 3.43. The summed E-state index contributed by atoms with van der Waals surface area (Å²) in [7, 11) is 0. The van der Waals surface area contributed by atoms with Crippen LogP contribution in [0.2, 0.25) is 0 Å². The maximum absolute atomic E-state index is 12.6. The van der Waals surface area contributed by atoms with Gasteiger partial charge in [-0.15, -0.1) is 0 Å². The molecule has 0 radical (unpaired) electrons. The standard InChI is InChI=1S/C12H15F3N2S/c13-12(14,15)9-3-1-4-10(7-9)16-11-5-2-6-17(18)8-11/h1,3-4,7,11,16,18H,2,5-6,8H2. The van der Waals surface area contributed by atoms with Crippen LogP contribution in [0.15, 0.2) is 24.3 Å². The molecule has 1 atom stereocenters. The van der Waals surface area contributed by atoms with Crippen LogP contribution < -0.4 is 5.32 Å². The van der Waals surface area contributed by atoms with Crippen LogP contribution in [-0.4, -0.2) is 23.4 Å². The van der Waals surface area contributed by atoms with Gasteiger partial charge in [0.2, 0.25) is 0 Å². The molecule has 1 fully saturated rings. The molecule has 100 valence electrons. The third-order valence-electron chi connectivity index (χ3n) is 2.96. The average molecular weight is 276 g/mol. The maximum atomic E-state index is 12.6. The van der Waals surface area contributed by atoms with Gasteiger partial charge in [0, 0.05) is 24.8 Å². The van der Waals surface area contributed by atoms with Crippen LogP contribution in [-0.2, 0) is 6.18 Å². The quantitative estimate of drug-likeness (QED) is 0.805. The molecule has 0 aromatic heterocycles. The highest BCUT2D eigenvalue weighted by Gasteiger charge is 2.30. The number of rotatable bonds is 2. The van der Waals surface area contributed by atoms with Crippen molar-refractivity contribution in [1.29, 1.82) is 0 Å². The molecule has 1 aromatic carbocycles. The van der Waals surface area contributed by atoms with Crippen molar-refractivity contribution in [3.63, 3.8) is 0 Å². The summed E-state index contributed by atoms with van der Waals surface area (Å²) in [5.41, 5.74) is -0.107. The highest BCUT2D eigenvalue weighted by Crippen LogP contribution is 2.31. The lowest BCUT2D eigenvalue weighted by Gasteiger charge is -2.30. The van der Waals surface area contributed by atoms with Crippen molar-refractivity contribution >= 4 is 18.5 Å². The van der Waals surface area contributed by atoms with Crippen molar-refractivity contribution in [3.05, 3.63) is 29.8 Å². The maximum Gasteiger partial charge on any atom is 0.416 e. The van der Waals surface area contributed by atoms with Crippen molar-refractivity contribution in [2.45, 2.75) is 25.1 Å². The summed E-state index contributed by atoms with van der Waals surface area (Å²) in [6.07, 6.45) is -2.34. The van der Waals surface area contributed by atoms with Gasteiger partial charge in [-0.3, -0.25) is 4.31 Å². The number of benzene rings is 1. The number of anilines is 1. The Morgan fingerprint density at radius 3 is 2.78 bits per heavy atom. The molecule has 0 amide bonds. The van der Waals surface area contributed by atoms with Crippen LogP contribution in [0.5, 0.6) is 0 Å². The largest absolute Gasteiger partial charge is 0.416 e. The topological polar surface area (TPSA) is 15.3 Å². The van der Waals surface area contributed by atoms with Crippen molar-refractivity contribution in [3.8, 4) is 0 Å². The molecule has 1 aliphatic rings. The summed E-state index contributed by atoms with van der Waals surface area (Å²) in [6, 6.07) is 5.47. The van der Waals surface area contributed by atoms with Gasteiger partial charge in [-0.05, 0) is 31.0 Å². The molecule has 2 rings (SSSR count). The van der Waals surface area contributed by atoms with Crippen molar-refractivity contribution in [1.82, 2.24) is 4.31 Å². The van der Waals surface area contributed by atoms with Crippen LogP contribution in [0.4, 0.5) is 18.9 Å². The number of piperidine rings is 1. The first-order valence-electron chi connectivity index (χ1n) is 5.83. The van der Waals surface area contributed by atoms with E-state index in [4.69, 9.17) is 0 Å². The minimum absolute atomic E-state index is 0.153. The van der Waals surface area contributed by atoms with E-state index in [0.717, 1.165) is 38.1 Å². The molecule has 1 N–H and O–H groups in total. The fraction of sp³-hybridized carbons (Fsp3) is 0.500.